The van der Waals surface area contributed by atoms with Crippen LogP contribution in [0.25, 0.3) is 0 Å². The van der Waals surface area contributed by atoms with Gasteiger partial charge in [-0.1, -0.05) is 19.3 Å². The summed E-state index contributed by atoms with van der Waals surface area (Å²) in [6.07, 6.45) is 5.07. The highest BCUT2D eigenvalue weighted by Crippen LogP contribution is 2.27. The second kappa shape index (κ2) is 8.26. The van der Waals surface area contributed by atoms with Crippen molar-refractivity contribution in [1.29, 1.82) is 0 Å². The maximum atomic E-state index is 12.4. The Hall–Kier alpha value is -1.92. The minimum atomic E-state index is -0.753. The quantitative estimate of drug-likeness (QED) is 0.745. The summed E-state index contributed by atoms with van der Waals surface area (Å²) in [5.41, 5.74) is 6.89. The lowest BCUT2D eigenvalue weighted by Gasteiger charge is -2.31. The molecule has 0 atom stereocenters. The number of nitrogens with one attached hydrogen (secondary N) is 2. The number of anilines is 2. The fourth-order valence-electron chi connectivity index (χ4n) is 2.85. The molecule has 2 amide bonds. The highest BCUT2D eigenvalue weighted by Gasteiger charge is 2.35. The number of rotatable bonds is 6. The second-order valence-corrected chi connectivity index (χ2v) is 6.85. The summed E-state index contributed by atoms with van der Waals surface area (Å²) in [6, 6.07) is 7.14. The van der Waals surface area contributed by atoms with Gasteiger partial charge in [-0.05, 0) is 51.2 Å². The Labute approximate surface area is 143 Å². The van der Waals surface area contributed by atoms with Gasteiger partial charge < -0.3 is 21.3 Å². The van der Waals surface area contributed by atoms with E-state index in [-0.39, 0.29) is 11.8 Å². The minimum Gasteiger partial charge on any atom is -0.326 e. The summed E-state index contributed by atoms with van der Waals surface area (Å²) in [7, 11) is 3.86. The van der Waals surface area contributed by atoms with Crippen LogP contribution in [0.1, 0.15) is 38.5 Å². The maximum absolute atomic E-state index is 12.4. The Balaban J connectivity index is 1.87. The number of hydrogen-bond acceptors (Lipinski definition) is 4. The van der Waals surface area contributed by atoms with Crippen LogP contribution in [0.4, 0.5) is 11.4 Å². The van der Waals surface area contributed by atoms with Crippen molar-refractivity contribution < 1.29 is 9.59 Å². The van der Waals surface area contributed by atoms with E-state index in [0.717, 1.165) is 37.8 Å². The Morgan fingerprint density at radius 3 is 2.12 bits per heavy atom. The largest absolute Gasteiger partial charge is 0.326 e. The van der Waals surface area contributed by atoms with Gasteiger partial charge in [0.1, 0.15) is 0 Å². The van der Waals surface area contributed by atoms with Crippen molar-refractivity contribution in [2.75, 3.05) is 31.3 Å². The van der Waals surface area contributed by atoms with Crippen molar-refractivity contribution in [1.82, 2.24) is 4.90 Å². The van der Waals surface area contributed by atoms with Crippen LogP contribution in [0.3, 0.4) is 0 Å². The molecule has 0 radical (unpaired) electrons. The summed E-state index contributed by atoms with van der Waals surface area (Å²) >= 11 is 0. The van der Waals surface area contributed by atoms with E-state index in [1.807, 2.05) is 19.0 Å². The smallest absolute Gasteiger partial charge is 0.244 e. The maximum Gasteiger partial charge on any atom is 0.244 e. The number of benzene rings is 1. The van der Waals surface area contributed by atoms with Crippen LogP contribution in [0.5, 0.6) is 0 Å². The summed E-state index contributed by atoms with van der Waals surface area (Å²) < 4.78 is 0. The lowest BCUT2D eigenvalue weighted by molar-refractivity contribution is -0.122. The van der Waals surface area contributed by atoms with E-state index in [1.54, 1.807) is 24.3 Å². The molecule has 0 aliphatic heterocycles. The van der Waals surface area contributed by atoms with Gasteiger partial charge in [0.05, 0.1) is 5.54 Å². The summed E-state index contributed by atoms with van der Waals surface area (Å²) in [6.45, 7) is 0.707. The molecule has 1 aliphatic rings. The Bertz CT molecular complexity index is 563. The van der Waals surface area contributed by atoms with Gasteiger partial charge in [-0.3, -0.25) is 9.59 Å². The molecule has 0 spiro atoms. The molecule has 0 unspecified atom stereocenters. The molecule has 1 aromatic rings. The van der Waals surface area contributed by atoms with E-state index >= 15 is 0 Å². The predicted octanol–water partition coefficient (Wildman–Crippen LogP) is 2.18. The summed E-state index contributed by atoms with van der Waals surface area (Å²) in [5.74, 6) is -0.145. The number of amides is 2. The molecule has 4 N–H and O–H groups in total. The molecule has 1 fully saturated rings. The molecule has 24 heavy (non-hydrogen) atoms. The molecule has 132 valence electrons. The molecule has 0 bridgehead atoms. The van der Waals surface area contributed by atoms with Gasteiger partial charge in [0.25, 0.3) is 0 Å². The third-order valence-corrected chi connectivity index (χ3v) is 4.41. The number of nitrogens with zero attached hydrogens (tertiary/aromatic N) is 1. The molecular formula is C18H28N4O2. The van der Waals surface area contributed by atoms with Crippen LogP contribution in [0, 0.1) is 0 Å². The molecule has 2 rings (SSSR count). The van der Waals surface area contributed by atoms with Crippen LogP contribution in [0.15, 0.2) is 24.3 Å². The number of nitrogens with two attached hydrogens (primary N) is 1. The third kappa shape index (κ3) is 5.32. The molecule has 6 nitrogen and oxygen atoms in total. The fraction of sp³-hybridized carbons (Fsp3) is 0.556. The van der Waals surface area contributed by atoms with Crippen LogP contribution in [-0.2, 0) is 9.59 Å². The van der Waals surface area contributed by atoms with E-state index in [2.05, 4.69) is 10.6 Å². The second-order valence-electron chi connectivity index (χ2n) is 6.85. The fourth-order valence-corrected chi connectivity index (χ4v) is 2.85. The monoisotopic (exact) mass is 332 g/mol. The first kappa shape index (κ1) is 18.4. The first-order chi connectivity index (χ1) is 11.4. The van der Waals surface area contributed by atoms with E-state index < -0.39 is 5.54 Å². The average Bonchev–Trinajstić information content (AvgIpc) is 2.55. The van der Waals surface area contributed by atoms with E-state index in [0.29, 0.717) is 18.7 Å². The SMILES string of the molecule is CN(C)CCC(=O)Nc1ccc(NC(=O)C2(N)CCCCC2)cc1. The van der Waals surface area contributed by atoms with Gasteiger partial charge in [-0.2, -0.15) is 0 Å². The average molecular weight is 332 g/mol. The Morgan fingerprint density at radius 1 is 1.04 bits per heavy atom. The standard InChI is InChI=1S/C18H28N4O2/c1-22(2)13-10-16(23)20-14-6-8-15(9-7-14)21-17(24)18(19)11-4-3-5-12-18/h6-9H,3-5,10-13,19H2,1-2H3,(H,20,23)(H,21,24). The molecule has 0 saturated heterocycles. The zero-order valence-electron chi connectivity index (χ0n) is 14.6. The van der Waals surface area contributed by atoms with Crippen molar-refractivity contribution in [3.05, 3.63) is 24.3 Å². The van der Waals surface area contributed by atoms with Crippen molar-refractivity contribution in [3.8, 4) is 0 Å². The zero-order chi connectivity index (χ0) is 17.6. The molecule has 0 aromatic heterocycles. The van der Waals surface area contributed by atoms with Crippen molar-refractivity contribution in [2.24, 2.45) is 5.73 Å². The summed E-state index contributed by atoms with van der Waals surface area (Å²) in [5, 5.41) is 5.74. The van der Waals surface area contributed by atoms with E-state index in [9.17, 15) is 9.59 Å². The van der Waals surface area contributed by atoms with Gasteiger partial charge in [0, 0.05) is 24.3 Å². The van der Waals surface area contributed by atoms with Crippen LogP contribution < -0.4 is 16.4 Å². The topological polar surface area (TPSA) is 87.5 Å². The molecule has 1 saturated carbocycles. The normalized spacial score (nSPS) is 16.7. The lowest BCUT2D eigenvalue weighted by atomic mass is 9.82. The van der Waals surface area contributed by atoms with Gasteiger partial charge in [0.15, 0.2) is 0 Å². The van der Waals surface area contributed by atoms with Crippen LogP contribution in [0.2, 0.25) is 0 Å². The number of carbonyl (C=O) groups is 2. The number of hydrogen-bond donors (Lipinski definition) is 3. The van der Waals surface area contributed by atoms with Crippen molar-refractivity contribution >= 4 is 23.2 Å². The van der Waals surface area contributed by atoms with Gasteiger partial charge in [-0.15, -0.1) is 0 Å². The highest BCUT2D eigenvalue weighted by molar-refractivity contribution is 5.98. The van der Waals surface area contributed by atoms with Gasteiger partial charge >= 0.3 is 0 Å². The van der Waals surface area contributed by atoms with E-state index in [4.69, 9.17) is 5.73 Å². The lowest BCUT2D eigenvalue weighted by Crippen LogP contribution is -2.52. The first-order valence-electron chi connectivity index (χ1n) is 8.54. The zero-order valence-corrected chi connectivity index (χ0v) is 14.6. The van der Waals surface area contributed by atoms with Crippen molar-refractivity contribution in [3.63, 3.8) is 0 Å². The summed E-state index contributed by atoms with van der Waals surface area (Å²) in [4.78, 5) is 26.2. The minimum absolute atomic E-state index is 0.0244. The first-order valence-corrected chi connectivity index (χ1v) is 8.54. The molecular weight excluding hydrogens is 304 g/mol. The Kier molecular flexibility index (Phi) is 6.34. The molecule has 1 aliphatic carbocycles. The number of carbonyl (C=O) groups excluding carboxylic acids is 2. The molecule has 6 heteroatoms. The van der Waals surface area contributed by atoms with E-state index in [1.165, 1.54) is 0 Å². The van der Waals surface area contributed by atoms with Gasteiger partial charge in [-0.25, -0.2) is 0 Å². The Morgan fingerprint density at radius 2 is 1.58 bits per heavy atom. The third-order valence-electron chi connectivity index (χ3n) is 4.41. The van der Waals surface area contributed by atoms with Crippen LogP contribution in [-0.4, -0.2) is 42.9 Å². The highest BCUT2D eigenvalue weighted by atomic mass is 16.2. The molecule has 0 heterocycles. The van der Waals surface area contributed by atoms with Crippen molar-refractivity contribution in [2.45, 2.75) is 44.1 Å². The van der Waals surface area contributed by atoms with Crippen LogP contribution >= 0.6 is 0 Å². The van der Waals surface area contributed by atoms with Gasteiger partial charge in [0.2, 0.25) is 11.8 Å². The predicted molar refractivity (Wildman–Crippen MR) is 96.9 cm³/mol. The molecule has 1 aromatic carbocycles.